The molecule has 0 atom stereocenters. The van der Waals surface area contributed by atoms with Crippen LogP contribution in [-0.2, 0) is 13.2 Å². The third kappa shape index (κ3) is 3.81. The van der Waals surface area contributed by atoms with Crippen LogP contribution in [0.5, 0.6) is 5.75 Å². The molecule has 0 bridgehead atoms. The lowest BCUT2D eigenvalue weighted by molar-refractivity contribution is 0.302. The minimum absolute atomic E-state index is 0.234. The van der Waals surface area contributed by atoms with E-state index in [4.69, 9.17) is 4.74 Å². The van der Waals surface area contributed by atoms with E-state index in [0.717, 1.165) is 30.0 Å². The normalized spacial score (nSPS) is 10.6. The molecule has 0 aliphatic heterocycles. The Labute approximate surface area is 119 Å². The number of ether oxygens (including phenoxy) is 1. The van der Waals surface area contributed by atoms with Crippen molar-refractivity contribution >= 4 is 0 Å². The van der Waals surface area contributed by atoms with Crippen LogP contribution in [0.3, 0.4) is 0 Å². The largest absolute Gasteiger partial charge is 0.489 e. The van der Waals surface area contributed by atoms with Gasteiger partial charge >= 0.3 is 0 Å². The molecule has 1 N–H and O–H groups in total. The minimum Gasteiger partial charge on any atom is -0.489 e. The predicted octanol–water partition coefficient (Wildman–Crippen LogP) is 3.82. The Morgan fingerprint density at radius 1 is 1.10 bits per heavy atom. The molecule has 0 aliphatic carbocycles. The minimum atomic E-state index is -0.234. The van der Waals surface area contributed by atoms with Gasteiger partial charge in [0.1, 0.15) is 18.2 Å². The van der Waals surface area contributed by atoms with Crippen LogP contribution in [0.15, 0.2) is 42.5 Å². The van der Waals surface area contributed by atoms with Crippen LogP contribution in [0.1, 0.15) is 23.6 Å². The second kappa shape index (κ2) is 7.06. The molecule has 0 unspecified atom stereocenters. The summed E-state index contributed by atoms with van der Waals surface area (Å²) in [5.74, 6) is 0.493. The van der Waals surface area contributed by atoms with Crippen molar-refractivity contribution in [3.8, 4) is 5.75 Å². The molecule has 106 valence electrons. The maximum absolute atomic E-state index is 13.1. The molecule has 0 aliphatic rings. The van der Waals surface area contributed by atoms with Crippen molar-refractivity contribution in [2.24, 2.45) is 0 Å². The third-order valence-corrected chi connectivity index (χ3v) is 3.20. The van der Waals surface area contributed by atoms with Gasteiger partial charge in [-0.2, -0.15) is 0 Å². The number of hydrogen-bond donors (Lipinski definition) is 1. The van der Waals surface area contributed by atoms with Crippen molar-refractivity contribution in [3.05, 3.63) is 65.0 Å². The average Bonchev–Trinajstić information content (AvgIpc) is 2.45. The summed E-state index contributed by atoms with van der Waals surface area (Å²) in [5, 5.41) is 3.32. The lowest BCUT2D eigenvalue weighted by Crippen LogP contribution is -2.14. The fraction of sp³-hybridized carbons (Fsp3) is 0.294. The molecular weight excluding hydrogens is 253 g/mol. The van der Waals surface area contributed by atoms with E-state index in [1.165, 1.54) is 17.7 Å². The number of rotatable bonds is 6. The van der Waals surface area contributed by atoms with Gasteiger partial charge in [0.25, 0.3) is 0 Å². The van der Waals surface area contributed by atoms with Gasteiger partial charge in [-0.3, -0.25) is 0 Å². The highest BCUT2D eigenvalue weighted by molar-refractivity contribution is 5.33. The zero-order valence-corrected chi connectivity index (χ0v) is 11.9. The van der Waals surface area contributed by atoms with Gasteiger partial charge in [0, 0.05) is 6.54 Å². The van der Waals surface area contributed by atoms with Gasteiger partial charge in [-0.15, -0.1) is 0 Å². The zero-order valence-electron chi connectivity index (χ0n) is 11.9. The van der Waals surface area contributed by atoms with Gasteiger partial charge in [-0.05, 0) is 48.4 Å². The molecule has 2 rings (SSSR count). The highest BCUT2D eigenvalue weighted by Crippen LogP contribution is 2.20. The molecule has 0 heterocycles. The van der Waals surface area contributed by atoms with Crippen LogP contribution >= 0.6 is 0 Å². The summed E-state index contributed by atoms with van der Waals surface area (Å²) in [7, 11) is 0. The Hall–Kier alpha value is -1.87. The first-order chi connectivity index (χ1) is 9.70. The van der Waals surface area contributed by atoms with Crippen molar-refractivity contribution in [1.29, 1.82) is 0 Å². The molecule has 0 saturated heterocycles. The molecular formula is C17H20FNO. The van der Waals surface area contributed by atoms with Gasteiger partial charge < -0.3 is 10.1 Å². The van der Waals surface area contributed by atoms with Crippen LogP contribution in [0.4, 0.5) is 4.39 Å². The van der Waals surface area contributed by atoms with Crippen molar-refractivity contribution in [1.82, 2.24) is 5.32 Å². The standard InChI is InChI=1S/C17H20FNO/c1-3-19-11-14-6-4-5-7-15(14)12-20-17-9-8-16(18)10-13(17)2/h4-10,19H,3,11-12H2,1-2H3. The van der Waals surface area contributed by atoms with E-state index in [9.17, 15) is 4.39 Å². The van der Waals surface area contributed by atoms with Crippen molar-refractivity contribution in [3.63, 3.8) is 0 Å². The molecule has 2 aromatic carbocycles. The fourth-order valence-corrected chi connectivity index (χ4v) is 2.06. The van der Waals surface area contributed by atoms with Gasteiger partial charge in [-0.25, -0.2) is 4.39 Å². The van der Waals surface area contributed by atoms with E-state index in [1.54, 1.807) is 6.07 Å². The Kier molecular flexibility index (Phi) is 5.13. The van der Waals surface area contributed by atoms with Crippen LogP contribution in [0.25, 0.3) is 0 Å². The summed E-state index contributed by atoms with van der Waals surface area (Å²) < 4.78 is 18.9. The lowest BCUT2D eigenvalue weighted by atomic mass is 10.1. The number of hydrogen-bond acceptors (Lipinski definition) is 2. The van der Waals surface area contributed by atoms with E-state index in [-0.39, 0.29) is 5.82 Å². The number of aryl methyl sites for hydroxylation is 1. The Morgan fingerprint density at radius 3 is 2.55 bits per heavy atom. The topological polar surface area (TPSA) is 21.3 Å². The van der Waals surface area contributed by atoms with Crippen LogP contribution in [0.2, 0.25) is 0 Å². The van der Waals surface area contributed by atoms with Gasteiger partial charge in [0.2, 0.25) is 0 Å². The van der Waals surface area contributed by atoms with E-state index >= 15 is 0 Å². The summed E-state index contributed by atoms with van der Waals surface area (Å²) in [5.41, 5.74) is 3.19. The molecule has 20 heavy (non-hydrogen) atoms. The average molecular weight is 273 g/mol. The summed E-state index contributed by atoms with van der Waals surface area (Å²) in [6, 6.07) is 12.8. The first kappa shape index (κ1) is 14.5. The highest BCUT2D eigenvalue weighted by atomic mass is 19.1. The van der Waals surface area contributed by atoms with Crippen LogP contribution in [-0.4, -0.2) is 6.54 Å². The Balaban J connectivity index is 2.06. The van der Waals surface area contributed by atoms with Crippen LogP contribution < -0.4 is 10.1 Å². The van der Waals surface area contributed by atoms with Gasteiger partial charge in [0.05, 0.1) is 0 Å². The summed E-state index contributed by atoms with van der Waals surface area (Å²) >= 11 is 0. The quantitative estimate of drug-likeness (QED) is 0.864. The lowest BCUT2D eigenvalue weighted by Gasteiger charge is -2.13. The van der Waals surface area contributed by atoms with E-state index in [2.05, 4.69) is 24.4 Å². The number of benzene rings is 2. The third-order valence-electron chi connectivity index (χ3n) is 3.20. The summed E-state index contributed by atoms with van der Waals surface area (Å²) in [6.07, 6.45) is 0. The predicted molar refractivity (Wildman–Crippen MR) is 79.3 cm³/mol. The first-order valence-corrected chi connectivity index (χ1v) is 6.87. The molecule has 0 spiro atoms. The fourth-order valence-electron chi connectivity index (χ4n) is 2.06. The van der Waals surface area contributed by atoms with Gasteiger partial charge in [-0.1, -0.05) is 31.2 Å². The molecule has 0 radical (unpaired) electrons. The van der Waals surface area contributed by atoms with Gasteiger partial charge in [0.15, 0.2) is 0 Å². The van der Waals surface area contributed by atoms with Crippen molar-refractivity contribution < 1.29 is 9.13 Å². The molecule has 0 saturated carbocycles. The highest BCUT2D eigenvalue weighted by Gasteiger charge is 2.05. The maximum atomic E-state index is 13.1. The van der Waals surface area contributed by atoms with E-state index in [0.29, 0.717) is 6.61 Å². The summed E-state index contributed by atoms with van der Waals surface area (Å²) in [6.45, 7) is 6.20. The second-order valence-corrected chi connectivity index (χ2v) is 4.75. The molecule has 0 amide bonds. The number of halogens is 1. The summed E-state index contributed by atoms with van der Waals surface area (Å²) in [4.78, 5) is 0. The van der Waals surface area contributed by atoms with E-state index < -0.39 is 0 Å². The molecule has 2 aromatic rings. The maximum Gasteiger partial charge on any atom is 0.123 e. The van der Waals surface area contributed by atoms with Crippen LogP contribution in [0, 0.1) is 12.7 Å². The van der Waals surface area contributed by atoms with Crippen molar-refractivity contribution in [2.45, 2.75) is 27.0 Å². The Bertz CT molecular complexity index is 569. The first-order valence-electron chi connectivity index (χ1n) is 6.87. The SMILES string of the molecule is CCNCc1ccccc1COc1ccc(F)cc1C. The number of nitrogens with one attached hydrogen (secondary N) is 1. The van der Waals surface area contributed by atoms with Crippen molar-refractivity contribution in [2.75, 3.05) is 6.54 Å². The second-order valence-electron chi connectivity index (χ2n) is 4.75. The Morgan fingerprint density at radius 2 is 1.85 bits per heavy atom. The smallest absolute Gasteiger partial charge is 0.123 e. The molecule has 3 heteroatoms. The zero-order chi connectivity index (χ0) is 14.4. The molecule has 0 fully saturated rings. The van der Waals surface area contributed by atoms with E-state index in [1.807, 2.05) is 19.1 Å². The monoisotopic (exact) mass is 273 g/mol. The molecule has 0 aromatic heterocycles. The molecule has 2 nitrogen and oxygen atoms in total.